The van der Waals surface area contributed by atoms with E-state index in [9.17, 15) is 8.42 Å². The summed E-state index contributed by atoms with van der Waals surface area (Å²) in [7, 11) is -3.10. The molecule has 1 fully saturated rings. The summed E-state index contributed by atoms with van der Waals surface area (Å²) in [6.07, 6.45) is 10.9. The van der Waals surface area contributed by atoms with E-state index >= 15 is 0 Å². The van der Waals surface area contributed by atoms with E-state index in [0.29, 0.717) is 13.0 Å². The van der Waals surface area contributed by atoms with Gasteiger partial charge in [-0.25, -0.2) is 8.42 Å². The Balaban J connectivity index is 2.94. The van der Waals surface area contributed by atoms with Gasteiger partial charge in [0.05, 0.1) is 11.3 Å². The van der Waals surface area contributed by atoms with Crippen LogP contribution in [0.25, 0.3) is 0 Å². The zero-order chi connectivity index (χ0) is 13.8. The third kappa shape index (κ3) is 3.25. The molecule has 1 aliphatic rings. The predicted molar refractivity (Wildman–Crippen MR) is 74.9 cm³/mol. The van der Waals surface area contributed by atoms with Crippen LogP contribution in [0.3, 0.4) is 0 Å². The van der Waals surface area contributed by atoms with Crippen molar-refractivity contribution in [2.75, 3.05) is 12.8 Å². The monoisotopic (exact) mass is 272 g/mol. The van der Waals surface area contributed by atoms with Crippen LogP contribution in [-0.2, 0) is 9.84 Å². The topological polar surface area (TPSA) is 72.2 Å². The van der Waals surface area contributed by atoms with E-state index in [2.05, 4.69) is 18.2 Å². The van der Waals surface area contributed by atoms with Crippen molar-refractivity contribution >= 4 is 9.84 Å². The van der Waals surface area contributed by atoms with Crippen molar-refractivity contribution in [3.05, 3.63) is 0 Å². The minimum Gasteiger partial charge on any atom is -0.329 e. The van der Waals surface area contributed by atoms with Gasteiger partial charge in [0.2, 0.25) is 0 Å². The van der Waals surface area contributed by atoms with Crippen molar-refractivity contribution in [1.82, 2.24) is 5.32 Å². The molecule has 5 heteroatoms. The summed E-state index contributed by atoms with van der Waals surface area (Å²) in [5, 5.41) is 2.93. The summed E-state index contributed by atoms with van der Waals surface area (Å²) in [6.45, 7) is 2.37. The molecule has 18 heavy (non-hydrogen) atoms. The number of terminal acetylenes is 1. The van der Waals surface area contributed by atoms with Gasteiger partial charge in [0.25, 0.3) is 0 Å². The SMILES string of the molecule is C#CC(CCC)NC1(CN)CCCC1S(C)(=O)=O. The zero-order valence-electron chi connectivity index (χ0n) is 11.3. The molecule has 0 aromatic carbocycles. The summed E-state index contributed by atoms with van der Waals surface area (Å²) >= 11 is 0. The highest BCUT2D eigenvalue weighted by molar-refractivity contribution is 7.91. The predicted octanol–water partition coefficient (Wildman–Crippen LogP) is 0.673. The molecule has 0 bridgehead atoms. The maximum Gasteiger partial charge on any atom is 0.152 e. The maximum atomic E-state index is 11.9. The van der Waals surface area contributed by atoms with E-state index in [0.717, 1.165) is 25.7 Å². The fourth-order valence-corrected chi connectivity index (χ4v) is 4.65. The number of nitrogens with one attached hydrogen (secondary N) is 1. The molecular weight excluding hydrogens is 248 g/mol. The number of rotatable bonds is 6. The Morgan fingerprint density at radius 3 is 2.72 bits per heavy atom. The molecule has 0 heterocycles. The van der Waals surface area contributed by atoms with Crippen molar-refractivity contribution in [2.45, 2.75) is 55.9 Å². The number of sulfone groups is 1. The molecule has 0 aliphatic heterocycles. The third-order valence-corrected chi connectivity index (χ3v) is 5.55. The van der Waals surface area contributed by atoms with Crippen LogP contribution in [-0.4, -0.2) is 38.0 Å². The largest absolute Gasteiger partial charge is 0.329 e. The van der Waals surface area contributed by atoms with Gasteiger partial charge in [-0.1, -0.05) is 25.7 Å². The molecule has 3 atom stereocenters. The lowest BCUT2D eigenvalue weighted by Gasteiger charge is -2.36. The zero-order valence-corrected chi connectivity index (χ0v) is 12.1. The van der Waals surface area contributed by atoms with E-state index in [4.69, 9.17) is 12.2 Å². The van der Waals surface area contributed by atoms with Gasteiger partial charge in [-0.2, -0.15) is 0 Å². The van der Waals surface area contributed by atoms with E-state index in [-0.39, 0.29) is 6.04 Å². The summed E-state index contributed by atoms with van der Waals surface area (Å²) in [4.78, 5) is 0. The lowest BCUT2D eigenvalue weighted by molar-refractivity contribution is 0.315. The highest BCUT2D eigenvalue weighted by Gasteiger charge is 2.47. The minimum atomic E-state index is -3.10. The van der Waals surface area contributed by atoms with Crippen LogP contribution in [0.5, 0.6) is 0 Å². The van der Waals surface area contributed by atoms with Gasteiger partial charge >= 0.3 is 0 Å². The van der Waals surface area contributed by atoms with Crippen molar-refractivity contribution in [3.63, 3.8) is 0 Å². The van der Waals surface area contributed by atoms with Gasteiger partial charge in [0.15, 0.2) is 9.84 Å². The molecular formula is C13H24N2O2S. The fourth-order valence-electron chi connectivity index (χ4n) is 2.95. The Hall–Kier alpha value is -0.570. The van der Waals surface area contributed by atoms with Crippen LogP contribution in [0.4, 0.5) is 0 Å². The van der Waals surface area contributed by atoms with Gasteiger partial charge in [-0.05, 0) is 19.3 Å². The normalized spacial score (nSPS) is 30.0. The first-order chi connectivity index (χ1) is 8.39. The number of hydrogen-bond acceptors (Lipinski definition) is 4. The first kappa shape index (κ1) is 15.5. The summed E-state index contributed by atoms with van der Waals surface area (Å²) in [6, 6.07) is -0.0964. The number of nitrogens with two attached hydrogens (primary N) is 1. The first-order valence-electron chi connectivity index (χ1n) is 6.52. The summed E-state index contributed by atoms with van der Waals surface area (Å²) in [5.74, 6) is 2.70. The van der Waals surface area contributed by atoms with Crippen LogP contribution in [0.1, 0.15) is 39.0 Å². The van der Waals surface area contributed by atoms with Gasteiger partial charge < -0.3 is 5.73 Å². The Bertz CT molecular complexity index is 413. The summed E-state index contributed by atoms with van der Waals surface area (Å²) < 4.78 is 23.8. The highest BCUT2D eigenvalue weighted by Crippen LogP contribution is 2.34. The van der Waals surface area contributed by atoms with Crippen LogP contribution >= 0.6 is 0 Å². The number of hydrogen-bond donors (Lipinski definition) is 2. The molecule has 104 valence electrons. The second-order valence-electron chi connectivity index (χ2n) is 5.22. The van der Waals surface area contributed by atoms with Gasteiger partial charge in [-0.15, -0.1) is 6.42 Å². The van der Waals surface area contributed by atoms with E-state index in [1.54, 1.807) is 0 Å². The van der Waals surface area contributed by atoms with Crippen LogP contribution in [0.15, 0.2) is 0 Å². The molecule has 0 aromatic heterocycles. The fraction of sp³-hybridized carbons (Fsp3) is 0.846. The Morgan fingerprint density at radius 2 is 2.28 bits per heavy atom. The van der Waals surface area contributed by atoms with Gasteiger partial charge in [-0.3, -0.25) is 5.32 Å². The molecule has 0 amide bonds. The highest BCUT2D eigenvalue weighted by atomic mass is 32.2. The van der Waals surface area contributed by atoms with Gasteiger partial charge in [0.1, 0.15) is 0 Å². The summed E-state index contributed by atoms with van der Waals surface area (Å²) in [5.41, 5.74) is 5.32. The second-order valence-corrected chi connectivity index (χ2v) is 7.45. The molecule has 0 aromatic rings. The maximum absolute atomic E-state index is 11.9. The average molecular weight is 272 g/mol. The minimum absolute atomic E-state index is 0.0964. The van der Waals surface area contributed by atoms with Crippen molar-refractivity contribution in [1.29, 1.82) is 0 Å². The van der Waals surface area contributed by atoms with Crippen LogP contribution < -0.4 is 11.1 Å². The molecule has 1 saturated carbocycles. The molecule has 4 nitrogen and oxygen atoms in total. The Morgan fingerprint density at radius 1 is 1.61 bits per heavy atom. The quantitative estimate of drug-likeness (QED) is 0.697. The van der Waals surface area contributed by atoms with Crippen LogP contribution in [0, 0.1) is 12.3 Å². The van der Waals surface area contributed by atoms with Crippen LogP contribution in [0.2, 0.25) is 0 Å². The lowest BCUT2D eigenvalue weighted by atomic mass is 9.95. The molecule has 3 N–H and O–H groups in total. The standard InChI is InChI=1S/C13H24N2O2S/c1-4-7-11(5-2)15-13(10-14)9-6-8-12(13)18(3,16)17/h2,11-12,15H,4,6-10,14H2,1,3H3. The smallest absolute Gasteiger partial charge is 0.152 e. The third-order valence-electron chi connectivity index (χ3n) is 3.83. The molecule has 1 rings (SSSR count). The molecule has 0 spiro atoms. The Kier molecular flexibility index (Phi) is 5.20. The van der Waals surface area contributed by atoms with E-state index in [1.165, 1.54) is 6.26 Å². The van der Waals surface area contributed by atoms with Crippen molar-refractivity contribution in [3.8, 4) is 12.3 Å². The lowest BCUT2D eigenvalue weighted by Crippen LogP contribution is -2.61. The second kappa shape index (κ2) is 6.05. The van der Waals surface area contributed by atoms with E-state index < -0.39 is 20.6 Å². The van der Waals surface area contributed by atoms with Crippen molar-refractivity contribution in [2.24, 2.45) is 5.73 Å². The Labute approximate surface area is 111 Å². The van der Waals surface area contributed by atoms with Crippen molar-refractivity contribution < 1.29 is 8.42 Å². The molecule has 3 unspecified atom stereocenters. The van der Waals surface area contributed by atoms with E-state index in [1.807, 2.05) is 0 Å². The molecule has 1 aliphatic carbocycles. The van der Waals surface area contributed by atoms with Gasteiger partial charge in [0, 0.05) is 18.3 Å². The molecule has 0 saturated heterocycles. The average Bonchev–Trinajstić information content (AvgIpc) is 2.72. The molecule has 0 radical (unpaired) electrons. The first-order valence-corrected chi connectivity index (χ1v) is 8.48.